The van der Waals surface area contributed by atoms with Crippen LogP contribution >= 0.6 is 12.4 Å². The second-order valence-electron chi connectivity index (χ2n) is 8.10. The number of hydrogen-bond donors (Lipinski definition) is 1. The Kier molecular flexibility index (Phi) is 10.8. The van der Waals surface area contributed by atoms with Gasteiger partial charge in [-0.1, -0.05) is 24.3 Å². The van der Waals surface area contributed by atoms with Crippen LogP contribution in [-0.2, 0) is 27.1 Å². The third kappa shape index (κ3) is 6.70. The van der Waals surface area contributed by atoms with Crippen molar-refractivity contribution >= 4 is 41.5 Å². The fraction of sp³-hybridized carbons (Fsp3) is 0.440. The fourth-order valence-corrected chi connectivity index (χ4v) is 4.34. The van der Waals surface area contributed by atoms with Crippen LogP contribution in [-0.4, -0.2) is 61.8 Å². The van der Waals surface area contributed by atoms with Gasteiger partial charge in [-0.05, 0) is 62.1 Å². The minimum absolute atomic E-state index is 0. The van der Waals surface area contributed by atoms with Crippen LogP contribution in [0.4, 0.5) is 21.9 Å². The van der Waals surface area contributed by atoms with E-state index in [1.807, 2.05) is 41.3 Å². The van der Waals surface area contributed by atoms with E-state index in [2.05, 4.69) is 16.3 Å². The van der Waals surface area contributed by atoms with Crippen LogP contribution < -0.4 is 10.2 Å². The molecule has 2 aromatic carbocycles. The van der Waals surface area contributed by atoms with E-state index in [0.29, 0.717) is 18.7 Å². The Morgan fingerprint density at radius 3 is 2.47 bits per heavy atom. The zero-order valence-electron chi connectivity index (χ0n) is 19.5. The molecule has 2 amide bonds. The molecule has 0 aliphatic carbocycles. The summed E-state index contributed by atoms with van der Waals surface area (Å²) in [6.45, 7) is 6.33. The maximum atomic E-state index is 13.5. The lowest BCUT2D eigenvalue weighted by Gasteiger charge is -2.28. The van der Waals surface area contributed by atoms with Crippen molar-refractivity contribution in [2.45, 2.75) is 32.6 Å². The average Bonchev–Trinajstić information content (AvgIpc) is 2.96. The van der Waals surface area contributed by atoms with Crippen LogP contribution in [0.3, 0.4) is 0 Å². The topological polar surface area (TPSA) is 103 Å². The van der Waals surface area contributed by atoms with E-state index < -0.39 is 6.09 Å². The normalized spacial score (nSPS) is 15.0. The van der Waals surface area contributed by atoms with E-state index in [9.17, 15) is 9.59 Å². The summed E-state index contributed by atoms with van der Waals surface area (Å²) in [7, 11) is 0. The van der Waals surface area contributed by atoms with Crippen LogP contribution in [0.25, 0.3) is 0 Å². The minimum atomic E-state index is -0.496. The molecule has 1 fully saturated rings. The van der Waals surface area contributed by atoms with Crippen molar-refractivity contribution in [3.8, 4) is 0 Å². The Balaban J connectivity index is 0.00000204. The number of benzene rings is 2. The quantitative estimate of drug-likeness (QED) is 0.663. The van der Waals surface area contributed by atoms with Gasteiger partial charge in [0, 0.05) is 25.2 Å². The number of ether oxygens (including phenoxy) is 2. The van der Waals surface area contributed by atoms with Crippen molar-refractivity contribution in [1.29, 1.82) is 0 Å². The van der Waals surface area contributed by atoms with Gasteiger partial charge in [0.1, 0.15) is 0 Å². The largest absolute Gasteiger partial charge is 0.450 e. The van der Waals surface area contributed by atoms with Crippen molar-refractivity contribution in [2.75, 3.05) is 49.7 Å². The lowest BCUT2D eigenvalue weighted by Crippen LogP contribution is -2.37. The standard InChI is InChI=1S/C25H31N3O4.ClH.H2O/c1-2-32-25(30)26-21-12-11-20-10-9-19-6-3-4-7-22(19)28(23(20)18-21)24(29)8-5-13-27-14-16-31-17-15-27;;/h3-4,6-7,11-12,18H,2,5,8-10,13-17H2,1H3,(H,26,30);1H;1H2. The highest BCUT2D eigenvalue weighted by Crippen LogP contribution is 2.38. The molecule has 2 aliphatic heterocycles. The first kappa shape index (κ1) is 27.6. The summed E-state index contributed by atoms with van der Waals surface area (Å²) < 4.78 is 10.4. The Bertz CT molecular complexity index is 965. The molecule has 0 unspecified atom stereocenters. The second kappa shape index (κ2) is 13.3. The summed E-state index contributed by atoms with van der Waals surface area (Å²) >= 11 is 0. The molecule has 0 bridgehead atoms. The molecule has 2 aromatic rings. The number of nitrogens with one attached hydrogen (secondary N) is 1. The van der Waals surface area contributed by atoms with Crippen molar-refractivity contribution in [1.82, 2.24) is 4.90 Å². The minimum Gasteiger partial charge on any atom is -0.450 e. The fourth-order valence-electron chi connectivity index (χ4n) is 4.34. The van der Waals surface area contributed by atoms with E-state index in [-0.39, 0.29) is 23.8 Å². The van der Waals surface area contributed by atoms with Crippen LogP contribution in [0, 0.1) is 0 Å². The number of hydrogen-bond acceptors (Lipinski definition) is 5. The van der Waals surface area contributed by atoms with Crippen LogP contribution in [0.5, 0.6) is 0 Å². The molecule has 3 N–H and O–H groups in total. The molecule has 34 heavy (non-hydrogen) atoms. The molecule has 0 spiro atoms. The summed E-state index contributed by atoms with van der Waals surface area (Å²) in [5, 5.41) is 2.77. The molecule has 0 aromatic heterocycles. The molecular formula is C25H34ClN3O5. The summed E-state index contributed by atoms with van der Waals surface area (Å²) in [5.41, 5.74) is 4.63. The number of halogens is 1. The summed E-state index contributed by atoms with van der Waals surface area (Å²) in [5.74, 6) is 0.0714. The van der Waals surface area contributed by atoms with Gasteiger partial charge in [0.15, 0.2) is 0 Å². The van der Waals surface area contributed by atoms with Gasteiger partial charge in [0.2, 0.25) is 5.91 Å². The second-order valence-corrected chi connectivity index (χ2v) is 8.10. The first-order valence-corrected chi connectivity index (χ1v) is 11.4. The smallest absolute Gasteiger partial charge is 0.411 e. The summed E-state index contributed by atoms with van der Waals surface area (Å²) in [6, 6.07) is 13.8. The lowest BCUT2D eigenvalue weighted by molar-refractivity contribution is -0.118. The van der Waals surface area contributed by atoms with E-state index in [1.54, 1.807) is 6.92 Å². The molecule has 186 valence electrons. The monoisotopic (exact) mass is 491 g/mol. The molecular weight excluding hydrogens is 458 g/mol. The number of amides is 2. The van der Waals surface area contributed by atoms with Gasteiger partial charge in [-0.2, -0.15) is 0 Å². The molecule has 1 saturated heterocycles. The van der Waals surface area contributed by atoms with Crippen molar-refractivity contribution in [2.24, 2.45) is 0 Å². The van der Waals surface area contributed by atoms with Crippen molar-refractivity contribution in [3.63, 3.8) is 0 Å². The summed E-state index contributed by atoms with van der Waals surface area (Å²) in [6.07, 6.45) is 2.47. The highest BCUT2D eigenvalue weighted by molar-refractivity contribution is 6.03. The Hall–Kier alpha value is -2.65. The zero-order chi connectivity index (χ0) is 22.3. The number of carbonyl (C=O) groups excluding carboxylic acids is 2. The van der Waals surface area contributed by atoms with Gasteiger partial charge in [-0.3, -0.25) is 19.9 Å². The molecule has 9 heteroatoms. The number of para-hydroxylation sites is 1. The molecule has 8 nitrogen and oxygen atoms in total. The molecule has 0 atom stereocenters. The van der Waals surface area contributed by atoms with Crippen molar-refractivity contribution in [3.05, 3.63) is 53.6 Å². The number of anilines is 3. The van der Waals surface area contributed by atoms with Gasteiger partial charge < -0.3 is 14.9 Å². The highest BCUT2D eigenvalue weighted by Gasteiger charge is 2.26. The van der Waals surface area contributed by atoms with Crippen LogP contribution in [0.15, 0.2) is 42.5 Å². The van der Waals surface area contributed by atoms with Gasteiger partial charge in [0.25, 0.3) is 0 Å². The molecule has 4 rings (SSSR count). The predicted octanol–water partition coefficient (Wildman–Crippen LogP) is 3.73. The number of aryl methyl sites for hydroxylation is 2. The number of nitrogens with zero attached hydrogens (tertiary/aromatic N) is 2. The molecule has 0 radical (unpaired) electrons. The maximum absolute atomic E-state index is 13.5. The van der Waals surface area contributed by atoms with Crippen LogP contribution in [0.2, 0.25) is 0 Å². The van der Waals surface area contributed by atoms with E-state index >= 15 is 0 Å². The van der Waals surface area contributed by atoms with E-state index in [1.165, 1.54) is 0 Å². The first-order valence-electron chi connectivity index (χ1n) is 11.4. The highest BCUT2D eigenvalue weighted by atomic mass is 35.5. The SMILES string of the molecule is CCOC(=O)Nc1ccc2c(c1)N(C(=O)CCCN1CCOCC1)c1ccccc1CC2.Cl.O. The van der Waals surface area contributed by atoms with Gasteiger partial charge in [-0.25, -0.2) is 4.79 Å². The van der Waals surface area contributed by atoms with E-state index in [0.717, 1.165) is 74.6 Å². The van der Waals surface area contributed by atoms with Gasteiger partial charge in [0.05, 0.1) is 31.2 Å². The number of carbonyl (C=O) groups is 2. The maximum Gasteiger partial charge on any atom is 0.411 e. The molecule has 0 saturated carbocycles. The zero-order valence-corrected chi connectivity index (χ0v) is 20.4. The number of morpholine rings is 1. The Labute approximate surface area is 206 Å². The molecule has 2 heterocycles. The van der Waals surface area contributed by atoms with Gasteiger partial charge in [-0.15, -0.1) is 12.4 Å². The molecule has 2 aliphatic rings. The van der Waals surface area contributed by atoms with E-state index in [4.69, 9.17) is 9.47 Å². The third-order valence-corrected chi connectivity index (χ3v) is 5.96. The van der Waals surface area contributed by atoms with Gasteiger partial charge >= 0.3 is 6.09 Å². The van der Waals surface area contributed by atoms with Crippen molar-refractivity contribution < 1.29 is 24.5 Å². The number of fused-ring (bicyclic) bond motifs is 2. The Morgan fingerprint density at radius 2 is 1.74 bits per heavy atom. The van der Waals surface area contributed by atoms with Crippen LogP contribution in [0.1, 0.15) is 30.9 Å². The number of rotatable bonds is 6. The first-order chi connectivity index (χ1) is 15.7. The lowest BCUT2D eigenvalue weighted by atomic mass is 10.0. The predicted molar refractivity (Wildman–Crippen MR) is 135 cm³/mol. The average molecular weight is 492 g/mol. The Morgan fingerprint density at radius 1 is 1.03 bits per heavy atom. The summed E-state index contributed by atoms with van der Waals surface area (Å²) in [4.78, 5) is 29.6. The third-order valence-electron chi connectivity index (χ3n) is 5.96.